The molecular formula is C10H20O6. The van der Waals surface area contributed by atoms with Crippen molar-refractivity contribution in [1.29, 1.82) is 0 Å². The van der Waals surface area contributed by atoms with Gasteiger partial charge in [0.05, 0.1) is 13.2 Å². The number of ether oxygens (including phenoxy) is 3. The molecule has 0 aromatic heterocycles. The van der Waals surface area contributed by atoms with Crippen molar-refractivity contribution in [3.63, 3.8) is 0 Å². The molecule has 1 rings (SSSR count). The largest absolute Gasteiger partial charge is 0.394 e. The molecule has 1 saturated heterocycles. The highest BCUT2D eigenvalue weighted by Gasteiger charge is 2.48. The van der Waals surface area contributed by atoms with Crippen LogP contribution in [0.2, 0.25) is 0 Å². The van der Waals surface area contributed by atoms with Crippen molar-refractivity contribution in [2.45, 2.75) is 44.1 Å². The van der Waals surface area contributed by atoms with Gasteiger partial charge in [0, 0.05) is 7.11 Å². The summed E-state index contributed by atoms with van der Waals surface area (Å²) in [5, 5.41) is 27.7. The zero-order chi connectivity index (χ0) is 12.3. The zero-order valence-corrected chi connectivity index (χ0v) is 9.79. The summed E-state index contributed by atoms with van der Waals surface area (Å²) < 4.78 is 16.1. The minimum absolute atomic E-state index is 0.241. The summed E-state index contributed by atoms with van der Waals surface area (Å²) in [4.78, 5) is 0. The van der Waals surface area contributed by atoms with E-state index in [1.165, 1.54) is 7.11 Å². The summed E-state index contributed by atoms with van der Waals surface area (Å²) in [6.45, 7) is 2.74. The predicted molar refractivity (Wildman–Crippen MR) is 54.8 cm³/mol. The molecule has 0 bridgehead atoms. The van der Waals surface area contributed by atoms with Gasteiger partial charge in [0.1, 0.15) is 24.4 Å². The van der Waals surface area contributed by atoms with Gasteiger partial charge in [-0.15, -0.1) is 0 Å². The Morgan fingerprint density at radius 2 is 1.75 bits per heavy atom. The number of rotatable bonds is 5. The van der Waals surface area contributed by atoms with Crippen LogP contribution in [0.25, 0.3) is 0 Å². The van der Waals surface area contributed by atoms with Gasteiger partial charge in [-0.3, -0.25) is 0 Å². The van der Waals surface area contributed by atoms with Gasteiger partial charge < -0.3 is 29.5 Å². The van der Waals surface area contributed by atoms with Crippen molar-refractivity contribution in [1.82, 2.24) is 0 Å². The lowest BCUT2D eigenvalue weighted by Gasteiger charge is -2.25. The number of hydrogen-bond donors (Lipinski definition) is 3. The predicted octanol–water partition coefficient (Wildman–Crippen LogP) is -1.13. The Hall–Kier alpha value is -0.240. The fourth-order valence-corrected chi connectivity index (χ4v) is 1.82. The monoisotopic (exact) mass is 236 g/mol. The fraction of sp³-hybridized carbons (Fsp3) is 1.00. The first-order valence-electron chi connectivity index (χ1n) is 5.23. The van der Waals surface area contributed by atoms with Crippen LogP contribution in [0.4, 0.5) is 0 Å². The molecular weight excluding hydrogens is 216 g/mol. The van der Waals surface area contributed by atoms with E-state index in [1.807, 2.05) is 0 Å². The first-order chi connectivity index (χ1) is 7.45. The standard InChI is InChI=1S/C10H20O6/c1-10(2)15-8(6(13)4-11)9(16-10)7(5-12)14-3/h6-9,11-13H,4-5H2,1-3H3/t6-,7-,8-,9-/m1/s1. The van der Waals surface area contributed by atoms with Gasteiger partial charge in [0.2, 0.25) is 0 Å². The third kappa shape index (κ3) is 2.91. The maximum Gasteiger partial charge on any atom is 0.164 e. The van der Waals surface area contributed by atoms with Gasteiger partial charge in [0.15, 0.2) is 5.79 Å². The molecule has 3 N–H and O–H groups in total. The first kappa shape index (κ1) is 13.8. The number of hydrogen-bond acceptors (Lipinski definition) is 6. The van der Waals surface area contributed by atoms with Gasteiger partial charge >= 0.3 is 0 Å². The minimum Gasteiger partial charge on any atom is -0.394 e. The molecule has 1 fully saturated rings. The van der Waals surface area contributed by atoms with Gasteiger partial charge in [-0.2, -0.15) is 0 Å². The molecule has 0 radical (unpaired) electrons. The Bertz CT molecular complexity index is 215. The SMILES string of the molecule is CO[C@H](CO)[C@H]1OC(C)(C)O[C@@H]1[C@H](O)CO. The number of aliphatic hydroxyl groups is 3. The van der Waals surface area contributed by atoms with Crippen LogP contribution in [0.5, 0.6) is 0 Å². The van der Waals surface area contributed by atoms with Crippen LogP contribution in [0.15, 0.2) is 0 Å². The molecule has 16 heavy (non-hydrogen) atoms. The second kappa shape index (κ2) is 5.39. The molecule has 0 unspecified atom stereocenters. The molecule has 6 heteroatoms. The van der Waals surface area contributed by atoms with E-state index in [4.69, 9.17) is 24.4 Å². The van der Waals surface area contributed by atoms with Crippen LogP contribution < -0.4 is 0 Å². The molecule has 96 valence electrons. The molecule has 1 heterocycles. The van der Waals surface area contributed by atoms with Gasteiger partial charge in [-0.1, -0.05) is 0 Å². The summed E-state index contributed by atoms with van der Waals surface area (Å²) in [5.41, 5.74) is 0. The molecule has 1 aliphatic heterocycles. The second-order valence-electron chi connectivity index (χ2n) is 4.27. The molecule has 0 aromatic rings. The van der Waals surface area contributed by atoms with E-state index in [9.17, 15) is 5.11 Å². The Kier molecular flexibility index (Phi) is 4.66. The van der Waals surface area contributed by atoms with Crippen LogP contribution in [0.1, 0.15) is 13.8 Å². The third-order valence-electron chi connectivity index (χ3n) is 2.58. The van der Waals surface area contributed by atoms with Crippen LogP contribution in [0, 0.1) is 0 Å². The first-order valence-corrected chi connectivity index (χ1v) is 5.23. The van der Waals surface area contributed by atoms with Gasteiger partial charge in [-0.25, -0.2) is 0 Å². The van der Waals surface area contributed by atoms with Crippen LogP contribution in [-0.4, -0.2) is 65.8 Å². The maximum absolute atomic E-state index is 9.61. The summed E-state index contributed by atoms with van der Waals surface area (Å²) in [7, 11) is 1.44. The fourth-order valence-electron chi connectivity index (χ4n) is 1.82. The minimum atomic E-state index is -1.06. The Morgan fingerprint density at radius 1 is 1.19 bits per heavy atom. The average Bonchev–Trinajstić information content (AvgIpc) is 2.55. The van der Waals surface area contributed by atoms with E-state index in [2.05, 4.69) is 0 Å². The van der Waals surface area contributed by atoms with Crippen molar-refractivity contribution in [3.8, 4) is 0 Å². The highest BCUT2D eigenvalue weighted by molar-refractivity contribution is 4.90. The Morgan fingerprint density at radius 3 is 2.19 bits per heavy atom. The van der Waals surface area contributed by atoms with Crippen LogP contribution >= 0.6 is 0 Å². The van der Waals surface area contributed by atoms with Crippen molar-refractivity contribution < 1.29 is 29.5 Å². The third-order valence-corrected chi connectivity index (χ3v) is 2.58. The summed E-state index contributed by atoms with van der Waals surface area (Å²) in [6, 6.07) is 0. The molecule has 6 nitrogen and oxygen atoms in total. The summed E-state index contributed by atoms with van der Waals surface area (Å²) >= 11 is 0. The second-order valence-corrected chi connectivity index (χ2v) is 4.27. The Labute approximate surface area is 94.7 Å². The summed E-state index contributed by atoms with van der Waals surface area (Å²) in [5.74, 6) is -0.864. The molecule has 1 aliphatic rings. The molecule has 0 amide bonds. The van der Waals surface area contributed by atoms with E-state index >= 15 is 0 Å². The molecule has 4 atom stereocenters. The van der Waals surface area contributed by atoms with Crippen molar-refractivity contribution >= 4 is 0 Å². The van der Waals surface area contributed by atoms with Crippen molar-refractivity contribution in [2.24, 2.45) is 0 Å². The lowest BCUT2D eigenvalue weighted by atomic mass is 10.0. The molecule has 0 aliphatic carbocycles. The van der Waals surface area contributed by atoms with E-state index in [0.717, 1.165) is 0 Å². The highest BCUT2D eigenvalue weighted by Crippen LogP contribution is 2.32. The van der Waals surface area contributed by atoms with E-state index in [1.54, 1.807) is 13.8 Å². The summed E-state index contributed by atoms with van der Waals surface area (Å²) in [6.07, 6.45) is -2.96. The average molecular weight is 236 g/mol. The quantitative estimate of drug-likeness (QED) is 0.559. The maximum atomic E-state index is 9.61. The molecule has 0 spiro atoms. The van der Waals surface area contributed by atoms with Crippen molar-refractivity contribution in [2.75, 3.05) is 20.3 Å². The molecule has 0 saturated carbocycles. The molecule has 0 aromatic carbocycles. The van der Waals surface area contributed by atoms with E-state index in [0.29, 0.717) is 0 Å². The van der Waals surface area contributed by atoms with E-state index in [-0.39, 0.29) is 6.61 Å². The number of methoxy groups -OCH3 is 1. The topological polar surface area (TPSA) is 88.4 Å². The van der Waals surface area contributed by atoms with E-state index < -0.39 is 36.8 Å². The van der Waals surface area contributed by atoms with Crippen LogP contribution in [0.3, 0.4) is 0 Å². The smallest absolute Gasteiger partial charge is 0.164 e. The van der Waals surface area contributed by atoms with Crippen molar-refractivity contribution in [3.05, 3.63) is 0 Å². The van der Waals surface area contributed by atoms with Crippen LogP contribution in [-0.2, 0) is 14.2 Å². The normalized spacial score (nSPS) is 32.6. The lowest BCUT2D eigenvalue weighted by molar-refractivity contribution is -0.164. The number of aliphatic hydroxyl groups excluding tert-OH is 3. The van der Waals surface area contributed by atoms with Gasteiger partial charge in [-0.05, 0) is 13.8 Å². The highest BCUT2D eigenvalue weighted by atomic mass is 16.8. The Balaban J connectivity index is 2.78. The van der Waals surface area contributed by atoms with Gasteiger partial charge in [0.25, 0.3) is 0 Å². The zero-order valence-electron chi connectivity index (χ0n) is 9.79. The lowest BCUT2D eigenvalue weighted by Crippen LogP contribution is -2.45.